The maximum atomic E-state index is 11.5. The van der Waals surface area contributed by atoms with Crippen molar-refractivity contribution < 1.29 is 13.5 Å². The quantitative estimate of drug-likeness (QED) is 0.692. The summed E-state index contributed by atoms with van der Waals surface area (Å²) in [6.07, 6.45) is 3.22. The topological polar surface area (TPSA) is 57.6 Å². The van der Waals surface area contributed by atoms with Gasteiger partial charge in [-0.05, 0) is 18.8 Å². The molecule has 0 bridgehead atoms. The van der Waals surface area contributed by atoms with Crippen LogP contribution in [-0.2, 0) is 10.0 Å². The highest BCUT2D eigenvalue weighted by atomic mass is 32.2. The third kappa shape index (κ3) is 2.93. The average molecular weight is 207 g/mol. The predicted octanol–water partition coefficient (Wildman–Crippen LogP) is 0.0404. The molecule has 1 aliphatic rings. The Kier molecular flexibility index (Phi) is 3.70. The van der Waals surface area contributed by atoms with Crippen LogP contribution in [0.25, 0.3) is 0 Å². The fraction of sp³-hybridized carbons (Fsp3) is 1.00. The zero-order valence-electron chi connectivity index (χ0n) is 7.94. The Hall–Kier alpha value is -0.130. The molecule has 5 heteroatoms. The third-order valence-corrected chi connectivity index (χ3v) is 4.59. The summed E-state index contributed by atoms with van der Waals surface area (Å²) in [5, 5.41) is 8.60. The zero-order valence-corrected chi connectivity index (χ0v) is 8.76. The second-order valence-corrected chi connectivity index (χ2v) is 5.74. The molecule has 13 heavy (non-hydrogen) atoms. The van der Waals surface area contributed by atoms with Gasteiger partial charge in [-0.1, -0.05) is 6.42 Å². The molecule has 0 aliphatic heterocycles. The van der Waals surface area contributed by atoms with Crippen molar-refractivity contribution in [1.82, 2.24) is 4.31 Å². The van der Waals surface area contributed by atoms with Gasteiger partial charge in [-0.2, -0.15) is 0 Å². The first-order chi connectivity index (χ1) is 6.06. The number of sulfonamides is 1. The number of nitrogens with zero attached hydrogens (tertiary/aromatic N) is 1. The van der Waals surface area contributed by atoms with Crippen molar-refractivity contribution >= 4 is 10.0 Å². The van der Waals surface area contributed by atoms with Gasteiger partial charge in [0.15, 0.2) is 0 Å². The third-order valence-electron chi connectivity index (χ3n) is 2.56. The molecule has 0 aromatic carbocycles. The Morgan fingerprint density at radius 1 is 1.46 bits per heavy atom. The van der Waals surface area contributed by atoms with Gasteiger partial charge in [0.1, 0.15) is 0 Å². The number of hydrogen-bond acceptors (Lipinski definition) is 3. The van der Waals surface area contributed by atoms with Gasteiger partial charge in [0.2, 0.25) is 10.0 Å². The van der Waals surface area contributed by atoms with E-state index in [-0.39, 0.29) is 18.9 Å². The molecule has 0 amide bonds. The molecule has 0 radical (unpaired) electrons. The van der Waals surface area contributed by atoms with Crippen molar-refractivity contribution in [2.45, 2.75) is 19.3 Å². The van der Waals surface area contributed by atoms with Crippen LogP contribution in [-0.4, -0.2) is 43.8 Å². The summed E-state index contributed by atoms with van der Waals surface area (Å²) in [6, 6.07) is 0. The maximum Gasteiger partial charge on any atom is 0.214 e. The molecule has 0 saturated heterocycles. The molecule has 0 unspecified atom stereocenters. The van der Waals surface area contributed by atoms with E-state index in [1.165, 1.54) is 11.4 Å². The van der Waals surface area contributed by atoms with Crippen LogP contribution in [0.3, 0.4) is 0 Å². The van der Waals surface area contributed by atoms with E-state index < -0.39 is 10.0 Å². The van der Waals surface area contributed by atoms with Crippen molar-refractivity contribution in [1.29, 1.82) is 0 Å². The standard InChI is InChI=1S/C8H17NO3S/c1-9(5-6-10)13(11,12)7-8-3-2-4-8/h8,10H,2-7H2,1H3. The van der Waals surface area contributed by atoms with Gasteiger partial charge in [-0.15, -0.1) is 0 Å². The Labute approximate surface area is 79.6 Å². The fourth-order valence-electron chi connectivity index (χ4n) is 1.36. The lowest BCUT2D eigenvalue weighted by Crippen LogP contribution is -2.35. The summed E-state index contributed by atoms with van der Waals surface area (Å²) in [6.45, 7) is 0.0927. The molecule has 0 heterocycles. The van der Waals surface area contributed by atoms with Gasteiger partial charge in [0.25, 0.3) is 0 Å². The van der Waals surface area contributed by atoms with Crippen LogP contribution < -0.4 is 0 Å². The molecule has 4 nitrogen and oxygen atoms in total. The van der Waals surface area contributed by atoms with Crippen molar-refractivity contribution in [2.24, 2.45) is 5.92 Å². The van der Waals surface area contributed by atoms with Crippen molar-refractivity contribution in [3.05, 3.63) is 0 Å². The summed E-state index contributed by atoms with van der Waals surface area (Å²) in [4.78, 5) is 0. The molecule has 1 saturated carbocycles. The van der Waals surface area contributed by atoms with Gasteiger partial charge < -0.3 is 5.11 Å². The Balaban J connectivity index is 2.43. The summed E-state index contributed by atoms with van der Waals surface area (Å²) >= 11 is 0. The van der Waals surface area contributed by atoms with Crippen LogP contribution >= 0.6 is 0 Å². The molecular weight excluding hydrogens is 190 g/mol. The number of likely N-dealkylation sites (N-methyl/N-ethyl adjacent to an activating group) is 1. The van der Waals surface area contributed by atoms with Crippen molar-refractivity contribution in [3.63, 3.8) is 0 Å². The maximum absolute atomic E-state index is 11.5. The van der Waals surface area contributed by atoms with E-state index in [4.69, 9.17) is 5.11 Å². The lowest BCUT2D eigenvalue weighted by atomic mass is 9.87. The van der Waals surface area contributed by atoms with Gasteiger partial charge >= 0.3 is 0 Å². The largest absolute Gasteiger partial charge is 0.395 e. The van der Waals surface area contributed by atoms with Crippen LogP contribution in [0.2, 0.25) is 0 Å². The normalized spacial score (nSPS) is 19.0. The lowest BCUT2D eigenvalue weighted by Gasteiger charge is -2.27. The average Bonchev–Trinajstić information content (AvgIpc) is 1.98. The van der Waals surface area contributed by atoms with Crippen LogP contribution in [0.15, 0.2) is 0 Å². The van der Waals surface area contributed by atoms with Gasteiger partial charge in [0.05, 0.1) is 12.4 Å². The molecule has 1 rings (SSSR count). The molecule has 1 fully saturated rings. The van der Waals surface area contributed by atoms with Gasteiger partial charge in [-0.3, -0.25) is 0 Å². The minimum Gasteiger partial charge on any atom is -0.395 e. The Morgan fingerprint density at radius 2 is 2.08 bits per heavy atom. The monoisotopic (exact) mass is 207 g/mol. The molecule has 0 spiro atoms. The molecule has 1 aliphatic carbocycles. The second-order valence-electron chi connectivity index (χ2n) is 3.62. The predicted molar refractivity (Wildman–Crippen MR) is 50.8 cm³/mol. The smallest absolute Gasteiger partial charge is 0.214 e. The first-order valence-electron chi connectivity index (χ1n) is 4.61. The van der Waals surface area contributed by atoms with E-state index in [0.717, 1.165) is 19.3 Å². The molecule has 0 aromatic rings. The van der Waals surface area contributed by atoms with Crippen molar-refractivity contribution in [3.8, 4) is 0 Å². The van der Waals surface area contributed by atoms with Crippen LogP contribution in [0.4, 0.5) is 0 Å². The second kappa shape index (κ2) is 4.39. The summed E-state index contributed by atoms with van der Waals surface area (Å²) in [5.41, 5.74) is 0. The lowest BCUT2D eigenvalue weighted by molar-refractivity contribution is 0.264. The van der Waals surface area contributed by atoms with E-state index in [1.807, 2.05) is 0 Å². The van der Waals surface area contributed by atoms with E-state index in [1.54, 1.807) is 0 Å². The summed E-state index contributed by atoms with van der Waals surface area (Å²) in [5.74, 6) is 0.606. The van der Waals surface area contributed by atoms with Gasteiger partial charge in [0, 0.05) is 13.6 Å². The highest BCUT2D eigenvalue weighted by Gasteiger charge is 2.26. The number of hydrogen-bond donors (Lipinski definition) is 1. The number of aliphatic hydroxyl groups is 1. The number of rotatable bonds is 5. The zero-order chi connectivity index (χ0) is 9.90. The summed E-state index contributed by atoms with van der Waals surface area (Å²) in [7, 11) is -1.59. The van der Waals surface area contributed by atoms with E-state index in [0.29, 0.717) is 5.92 Å². The minimum absolute atomic E-state index is 0.111. The minimum atomic E-state index is -3.11. The molecular formula is C8H17NO3S. The molecule has 0 aromatic heterocycles. The van der Waals surface area contributed by atoms with E-state index >= 15 is 0 Å². The molecule has 0 atom stereocenters. The van der Waals surface area contributed by atoms with Crippen LogP contribution in [0.5, 0.6) is 0 Å². The van der Waals surface area contributed by atoms with Crippen molar-refractivity contribution in [2.75, 3.05) is 26.0 Å². The van der Waals surface area contributed by atoms with E-state index in [9.17, 15) is 8.42 Å². The highest BCUT2D eigenvalue weighted by Crippen LogP contribution is 2.28. The van der Waals surface area contributed by atoms with E-state index in [2.05, 4.69) is 0 Å². The SMILES string of the molecule is CN(CCO)S(=O)(=O)CC1CCC1. The van der Waals surface area contributed by atoms with Crippen LogP contribution in [0.1, 0.15) is 19.3 Å². The van der Waals surface area contributed by atoms with Crippen LogP contribution in [0, 0.1) is 5.92 Å². The summed E-state index contributed by atoms with van der Waals surface area (Å²) < 4.78 is 24.3. The highest BCUT2D eigenvalue weighted by molar-refractivity contribution is 7.89. The Bertz CT molecular complexity index is 246. The first-order valence-corrected chi connectivity index (χ1v) is 6.22. The first kappa shape index (κ1) is 10.9. The Morgan fingerprint density at radius 3 is 2.46 bits per heavy atom. The number of aliphatic hydroxyl groups excluding tert-OH is 1. The molecule has 1 N–H and O–H groups in total. The van der Waals surface area contributed by atoms with Gasteiger partial charge in [-0.25, -0.2) is 12.7 Å². The molecule has 78 valence electrons. The fourth-order valence-corrected chi connectivity index (χ4v) is 2.91.